The van der Waals surface area contributed by atoms with Gasteiger partial charge in [0.05, 0.1) is 4.90 Å². The number of amides is 1. The fourth-order valence-corrected chi connectivity index (χ4v) is 3.86. The highest BCUT2D eigenvalue weighted by Gasteiger charge is 2.28. The molecule has 0 aromatic heterocycles. The summed E-state index contributed by atoms with van der Waals surface area (Å²) in [5, 5.41) is 3.77. The first-order valence-corrected chi connectivity index (χ1v) is 8.83. The van der Waals surface area contributed by atoms with Crippen LogP contribution in [0.3, 0.4) is 0 Å². The molecule has 0 radical (unpaired) electrons. The summed E-state index contributed by atoms with van der Waals surface area (Å²) in [6, 6.07) is 6.19. The third-order valence-corrected chi connectivity index (χ3v) is 5.27. The number of carbonyl (C=O) groups is 1. The summed E-state index contributed by atoms with van der Waals surface area (Å²) in [5.41, 5.74) is 0. The molecule has 116 valence electrons. The van der Waals surface area contributed by atoms with E-state index in [4.69, 9.17) is 11.6 Å². The van der Waals surface area contributed by atoms with Crippen molar-refractivity contribution in [2.24, 2.45) is 0 Å². The summed E-state index contributed by atoms with van der Waals surface area (Å²) in [7, 11) is -3.63. The molecule has 2 atom stereocenters. The number of carbonyl (C=O) groups excluding carboxylic acids is 1. The van der Waals surface area contributed by atoms with Gasteiger partial charge < -0.3 is 10.2 Å². The molecule has 7 heteroatoms. The number of halogens is 1. The minimum Gasteiger partial charge on any atom is -0.339 e. The summed E-state index contributed by atoms with van der Waals surface area (Å²) in [4.78, 5) is 14.0. The number of sulfone groups is 1. The average Bonchev–Trinajstić information content (AvgIpc) is 2.37. The summed E-state index contributed by atoms with van der Waals surface area (Å²) >= 11 is 5.74. The van der Waals surface area contributed by atoms with Gasteiger partial charge in [-0.05, 0) is 38.1 Å². The van der Waals surface area contributed by atoms with Gasteiger partial charge in [0.25, 0.3) is 0 Å². The second-order valence-corrected chi connectivity index (χ2v) is 7.91. The maximum absolute atomic E-state index is 12.3. The van der Waals surface area contributed by atoms with E-state index in [2.05, 4.69) is 5.32 Å². The molecule has 1 aromatic rings. The predicted octanol–water partition coefficient (Wildman–Crippen LogP) is 1.32. The second kappa shape index (κ2) is 6.34. The molecule has 1 saturated heterocycles. The maximum atomic E-state index is 12.3. The third-order valence-electron chi connectivity index (χ3n) is 3.40. The predicted molar refractivity (Wildman–Crippen MR) is 82.1 cm³/mol. The molecule has 1 fully saturated rings. The molecule has 2 rings (SSSR count). The van der Waals surface area contributed by atoms with Crippen molar-refractivity contribution >= 4 is 27.3 Å². The summed E-state index contributed by atoms with van der Waals surface area (Å²) in [5.74, 6) is -0.862. The molecule has 1 aromatic carbocycles. The lowest BCUT2D eigenvalue weighted by molar-refractivity contribution is -0.130. The van der Waals surface area contributed by atoms with Crippen molar-refractivity contribution in [2.45, 2.75) is 30.8 Å². The van der Waals surface area contributed by atoms with Crippen LogP contribution in [-0.4, -0.2) is 50.2 Å². The van der Waals surface area contributed by atoms with Gasteiger partial charge in [0.2, 0.25) is 5.91 Å². The van der Waals surface area contributed by atoms with Crippen LogP contribution in [0.15, 0.2) is 29.2 Å². The van der Waals surface area contributed by atoms with E-state index in [0.717, 1.165) is 0 Å². The zero-order chi connectivity index (χ0) is 15.6. The second-order valence-electron chi connectivity index (χ2n) is 5.48. The number of nitrogens with zero attached hydrogens (tertiary/aromatic N) is 1. The number of benzene rings is 1. The van der Waals surface area contributed by atoms with Gasteiger partial charge in [-0.1, -0.05) is 11.6 Å². The zero-order valence-electron chi connectivity index (χ0n) is 12.0. The Labute approximate surface area is 130 Å². The van der Waals surface area contributed by atoms with Crippen molar-refractivity contribution in [3.8, 4) is 0 Å². The Hall–Kier alpha value is -1.11. The van der Waals surface area contributed by atoms with Gasteiger partial charge in [-0.3, -0.25) is 4.79 Å². The van der Waals surface area contributed by atoms with Gasteiger partial charge in [-0.2, -0.15) is 0 Å². The summed E-state index contributed by atoms with van der Waals surface area (Å²) in [6.07, 6.45) is 0. The molecule has 1 amide bonds. The molecule has 5 nitrogen and oxygen atoms in total. The monoisotopic (exact) mass is 330 g/mol. The molecule has 0 unspecified atom stereocenters. The Morgan fingerprint density at radius 3 is 2.29 bits per heavy atom. The minimum atomic E-state index is -3.63. The first-order chi connectivity index (χ1) is 9.78. The van der Waals surface area contributed by atoms with Gasteiger partial charge in [0.1, 0.15) is 5.75 Å². The number of hydrogen-bond donors (Lipinski definition) is 1. The lowest BCUT2D eigenvalue weighted by Crippen LogP contribution is -2.56. The van der Waals surface area contributed by atoms with Crippen molar-refractivity contribution in [3.63, 3.8) is 0 Å². The molecule has 0 saturated carbocycles. The lowest BCUT2D eigenvalue weighted by atomic mass is 10.1. The van der Waals surface area contributed by atoms with Crippen LogP contribution in [-0.2, 0) is 14.6 Å². The van der Waals surface area contributed by atoms with E-state index in [1.165, 1.54) is 24.3 Å². The molecular formula is C14H19ClN2O3S. The summed E-state index contributed by atoms with van der Waals surface area (Å²) < 4.78 is 24.5. The van der Waals surface area contributed by atoms with E-state index in [0.29, 0.717) is 18.1 Å². The van der Waals surface area contributed by atoms with Crippen LogP contribution in [0.2, 0.25) is 5.02 Å². The zero-order valence-corrected chi connectivity index (χ0v) is 13.6. The van der Waals surface area contributed by atoms with E-state index in [-0.39, 0.29) is 22.9 Å². The van der Waals surface area contributed by atoms with Crippen LogP contribution in [0, 0.1) is 0 Å². The third kappa shape index (κ3) is 4.18. The largest absolute Gasteiger partial charge is 0.339 e. The van der Waals surface area contributed by atoms with Crippen LogP contribution < -0.4 is 5.32 Å². The van der Waals surface area contributed by atoms with Crippen LogP contribution in [0.1, 0.15) is 13.8 Å². The van der Waals surface area contributed by atoms with Crippen molar-refractivity contribution in [2.75, 3.05) is 18.8 Å². The Balaban J connectivity index is 2.09. The molecule has 21 heavy (non-hydrogen) atoms. The van der Waals surface area contributed by atoms with E-state index in [9.17, 15) is 13.2 Å². The highest BCUT2D eigenvalue weighted by molar-refractivity contribution is 7.92. The van der Waals surface area contributed by atoms with Crippen molar-refractivity contribution in [1.29, 1.82) is 0 Å². The molecule has 0 spiro atoms. The standard InChI is InChI=1S/C14H19ClN2O3S/c1-10-7-17(8-11(2)16-10)14(18)9-21(19,20)13-5-3-12(15)4-6-13/h3-6,10-11,16H,7-9H2,1-2H3/t10-,11-/m0/s1. The Morgan fingerprint density at radius 1 is 1.24 bits per heavy atom. The maximum Gasteiger partial charge on any atom is 0.238 e. The van der Waals surface area contributed by atoms with Gasteiger partial charge in [-0.15, -0.1) is 0 Å². The van der Waals surface area contributed by atoms with Gasteiger partial charge in [0, 0.05) is 30.2 Å². The minimum absolute atomic E-state index is 0.122. The average molecular weight is 331 g/mol. The number of hydrogen-bond acceptors (Lipinski definition) is 4. The lowest BCUT2D eigenvalue weighted by Gasteiger charge is -2.36. The fourth-order valence-electron chi connectivity index (χ4n) is 2.51. The van der Waals surface area contributed by atoms with Gasteiger partial charge in [-0.25, -0.2) is 8.42 Å². The van der Waals surface area contributed by atoms with Crippen molar-refractivity contribution in [1.82, 2.24) is 10.2 Å². The van der Waals surface area contributed by atoms with Crippen LogP contribution in [0.5, 0.6) is 0 Å². The number of piperazine rings is 1. The molecular weight excluding hydrogens is 312 g/mol. The molecule has 0 bridgehead atoms. The highest BCUT2D eigenvalue weighted by Crippen LogP contribution is 2.16. The van der Waals surface area contributed by atoms with Crippen LogP contribution in [0.4, 0.5) is 0 Å². The number of rotatable bonds is 3. The first kappa shape index (κ1) is 16.3. The molecule has 0 aliphatic carbocycles. The summed E-state index contributed by atoms with van der Waals surface area (Å²) in [6.45, 7) is 5.01. The topological polar surface area (TPSA) is 66.5 Å². The SMILES string of the molecule is C[C@H]1CN(C(=O)CS(=O)(=O)c2ccc(Cl)cc2)C[C@H](C)N1. The van der Waals surface area contributed by atoms with E-state index in [1.807, 2.05) is 13.8 Å². The van der Waals surface area contributed by atoms with Crippen molar-refractivity contribution < 1.29 is 13.2 Å². The molecule has 1 aliphatic heterocycles. The van der Waals surface area contributed by atoms with E-state index >= 15 is 0 Å². The quantitative estimate of drug-likeness (QED) is 0.907. The normalized spacial score (nSPS) is 23.1. The Bertz CT molecular complexity index is 606. The van der Waals surface area contributed by atoms with Gasteiger partial charge in [0.15, 0.2) is 9.84 Å². The smallest absolute Gasteiger partial charge is 0.238 e. The van der Waals surface area contributed by atoms with Crippen LogP contribution >= 0.6 is 11.6 Å². The van der Waals surface area contributed by atoms with Crippen molar-refractivity contribution in [3.05, 3.63) is 29.3 Å². The van der Waals surface area contributed by atoms with E-state index < -0.39 is 15.6 Å². The number of nitrogens with one attached hydrogen (secondary N) is 1. The van der Waals surface area contributed by atoms with Gasteiger partial charge >= 0.3 is 0 Å². The van der Waals surface area contributed by atoms with E-state index in [1.54, 1.807) is 4.90 Å². The molecule has 1 N–H and O–H groups in total. The first-order valence-electron chi connectivity index (χ1n) is 6.80. The molecule has 1 heterocycles. The Morgan fingerprint density at radius 2 is 1.76 bits per heavy atom. The molecule has 1 aliphatic rings. The fraction of sp³-hybridized carbons (Fsp3) is 0.500. The highest BCUT2D eigenvalue weighted by atomic mass is 35.5. The Kier molecular flexibility index (Phi) is 4.91. The van der Waals surface area contributed by atoms with Crippen LogP contribution in [0.25, 0.3) is 0 Å².